The Morgan fingerprint density at radius 2 is 2.20 bits per heavy atom. The van der Waals surface area contributed by atoms with Gasteiger partial charge in [0.25, 0.3) is 10.0 Å². The first-order chi connectivity index (χ1) is 6.87. The second-order valence-corrected chi connectivity index (χ2v) is 7.10. The number of thiophene rings is 1. The Hall–Kier alpha value is -0.100. The number of rotatable bonds is 5. The molecule has 1 aromatic heterocycles. The average Bonchev–Trinajstić information content (AvgIpc) is 2.52. The third-order valence-electron chi connectivity index (χ3n) is 1.89. The maximum Gasteiger partial charge on any atom is 0.250 e. The number of sulfonamides is 1. The molecule has 0 aliphatic rings. The largest absolute Gasteiger partial charge is 0.250 e. The minimum Gasteiger partial charge on any atom is -0.206 e. The van der Waals surface area contributed by atoms with Crippen molar-refractivity contribution in [3.63, 3.8) is 0 Å². The lowest BCUT2D eigenvalue weighted by molar-refractivity contribution is 0.442. The molecule has 3 nitrogen and oxygen atoms in total. The molecule has 6 heteroatoms. The van der Waals surface area contributed by atoms with Gasteiger partial charge in [-0.1, -0.05) is 6.07 Å². The molecule has 0 aliphatic heterocycles. The lowest BCUT2D eigenvalue weighted by Crippen LogP contribution is -2.43. The van der Waals surface area contributed by atoms with Crippen LogP contribution in [0.5, 0.6) is 0 Å². The van der Waals surface area contributed by atoms with Gasteiger partial charge < -0.3 is 0 Å². The average molecular weight is 268 g/mol. The molecule has 0 fully saturated rings. The van der Waals surface area contributed by atoms with Crippen LogP contribution in [-0.2, 0) is 10.0 Å². The standard InChI is InChI=1S/C9H14ClNO2S2/c1-9(2,5-6-10)11-15(12,13)8-4-3-7-14-8/h3-4,7,11H,5-6H2,1-2H3. The number of alkyl halides is 1. The zero-order chi connectivity index (χ0) is 11.5. The first-order valence-corrected chi connectivity index (χ1v) is 7.40. The maximum atomic E-state index is 11.8. The van der Waals surface area contributed by atoms with Crippen molar-refractivity contribution in [2.75, 3.05) is 5.88 Å². The van der Waals surface area contributed by atoms with Gasteiger partial charge in [0, 0.05) is 11.4 Å². The molecular formula is C9H14ClNO2S2. The van der Waals surface area contributed by atoms with Crippen molar-refractivity contribution in [1.82, 2.24) is 4.72 Å². The van der Waals surface area contributed by atoms with Crippen LogP contribution in [0.25, 0.3) is 0 Å². The van der Waals surface area contributed by atoms with Gasteiger partial charge in [0.2, 0.25) is 0 Å². The van der Waals surface area contributed by atoms with Crippen molar-refractivity contribution in [2.45, 2.75) is 30.0 Å². The van der Waals surface area contributed by atoms with Crippen LogP contribution in [0.4, 0.5) is 0 Å². The van der Waals surface area contributed by atoms with E-state index in [4.69, 9.17) is 11.6 Å². The summed E-state index contributed by atoms with van der Waals surface area (Å²) in [6.45, 7) is 3.64. The first kappa shape index (κ1) is 13.0. The molecule has 15 heavy (non-hydrogen) atoms. The van der Waals surface area contributed by atoms with Gasteiger partial charge in [-0.25, -0.2) is 13.1 Å². The van der Waals surface area contributed by atoms with E-state index in [-0.39, 0.29) is 0 Å². The highest BCUT2D eigenvalue weighted by Gasteiger charge is 2.26. The molecule has 0 saturated heterocycles. The molecule has 1 aromatic rings. The summed E-state index contributed by atoms with van der Waals surface area (Å²) in [5.41, 5.74) is -0.509. The van der Waals surface area contributed by atoms with Crippen molar-refractivity contribution >= 4 is 33.0 Å². The predicted molar refractivity (Wildman–Crippen MR) is 64.1 cm³/mol. The van der Waals surface area contributed by atoms with E-state index >= 15 is 0 Å². The fraction of sp³-hybridized carbons (Fsp3) is 0.556. The summed E-state index contributed by atoms with van der Waals surface area (Å²) in [5, 5.41) is 1.74. The molecule has 0 amide bonds. The number of halogens is 1. The molecule has 0 atom stereocenters. The van der Waals surface area contributed by atoms with E-state index < -0.39 is 15.6 Å². The lowest BCUT2D eigenvalue weighted by Gasteiger charge is -2.24. The van der Waals surface area contributed by atoms with Crippen LogP contribution in [0.2, 0.25) is 0 Å². The van der Waals surface area contributed by atoms with Crippen LogP contribution in [0.1, 0.15) is 20.3 Å². The monoisotopic (exact) mass is 267 g/mol. The van der Waals surface area contributed by atoms with Crippen LogP contribution >= 0.6 is 22.9 Å². The van der Waals surface area contributed by atoms with Crippen molar-refractivity contribution in [3.8, 4) is 0 Å². The molecule has 0 aliphatic carbocycles. The summed E-state index contributed by atoms with van der Waals surface area (Å²) in [4.78, 5) is 0. The fourth-order valence-corrected chi connectivity index (χ4v) is 4.02. The van der Waals surface area contributed by atoms with Crippen molar-refractivity contribution in [2.24, 2.45) is 0 Å². The zero-order valence-electron chi connectivity index (χ0n) is 8.66. The zero-order valence-corrected chi connectivity index (χ0v) is 11.0. The highest BCUT2D eigenvalue weighted by Crippen LogP contribution is 2.19. The Morgan fingerprint density at radius 3 is 2.67 bits per heavy atom. The first-order valence-electron chi connectivity index (χ1n) is 4.51. The second kappa shape index (κ2) is 4.82. The Bertz CT molecular complexity index is 398. The summed E-state index contributed by atoms with van der Waals surface area (Å²) in [5.74, 6) is 0.431. The third kappa shape index (κ3) is 3.75. The molecule has 1 heterocycles. The summed E-state index contributed by atoms with van der Waals surface area (Å²) in [6, 6.07) is 3.30. The van der Waals surface area contributed by atoms with Gasteiger partial charge >= 0.3 is 0 Å². The molecule has 86 valence electrons. The van der Waals surface area contributed by atoms with E-state index in [9.17, 15) is 8.42 Å². The van der Waals surface area contributed by atoms with Gasteiger partial charge in [-0.05, 0) is 31.7 Å². The predicted octanol–water partition coefficient (Wildman–Crippen LogP) is 2.43. The third-order valence-corrected chi connectivity index (χ3v) is 5.17. The van der Waals surface area contributed by atoms with Crippen LogP contribution < -0.4 is 4.72 Å². The molecule has 1 N–H and O–H groups in total. The minimum atomic E-state index is -3.39. The Kier molecular flexibility index (Phi) is 4.17. The van der Waals surface area contributed by atoms with E-state index in [0.29, 0.717) is 16.5 Å². The number of hydrogen-bond acceptors (Lipinski definition) is 3. The Balaban J connectivity index is 2.82. The second-order valence-electron chi connectivity index (χ2n) is 3.86. The van der Waals surface area contributed by atoms with Crippen LogP contribution in [0.3, 0.4) is 0 Å². The van der Waals surface area contributed by atoms with Gasteiger partial charge in [-0.3, -0.25) is 0 Å². The SMILES string of the molecule is CC(C)(CCCl)NS(=O)(=O)c1cccs1. The van der Waals surface area contributed by atoms with Crippen LogP contribution in [0.15, 0.2) is 21.7 Å². The Morgan fingerprint density at radius 1 is 1.53 bits per heavy atom. The molecular weight excluding hydrogens is 254 g/mol. The summed E-state index contributed by atoms with van der Waals surface area (Å²) in [7, 11) is -3.39. The molecule has 0 bridgehead atoms. The summed E-state index contributed by atoms with van der Waals surface area (Å²) < 4.78 is 26.7. The van der Waals surface area contributed by atoms with Gasteiger partial charge in [-0.2, -0.15) is 0 Å². The van der Waals surface area contributed by atoms with E-state index in [1.54, 1.807) is 17.5 Å². The number of nitrogens with one attached hydrogen (secondary N) is 1. The van der Waals surface area contributed by atoms with E-state index in [1.807, 2.05) is 13.8 Å². The highest BCUT2D eigenvalue weighted by molar-refractivity contribution is 7.91. The fourth-order valence-electron chi connectivity index (χ4n) is 1.12. The minimum absolute atomic E-state index is 0.338. The van der Waals surface area contributed by atoms with Crippen molar-refractivity contribution in [1.29, 1.82) is 0 Å². The van der Waals surface area contributed by atoms with Crippen molar-refractivity contribution in [3.05, 3.63) is 17.5 Å². The molecule has 1 rings (SSSR count). The van der Waals surface area contributed by atoms with Gasteiger partial charge in [0.1, 0.15) is 4.21 Å². The lowest BCUT2D eigenvalue weighted by atomic mass is 10.0. The van der Waals surface area contributed by atoms with Crippen LogP contribution in [-0.4, -0.2) is 19.8 Å². The summed E-state index contributed by atoms with van der Waals surface area (Å²) >= 11 is 6.81. The van der Waals surface area contributed by atoms with Gasteiger partial charge in [0.15, 0.2) is 0 Å². The quantitative estimate of drug-likeness (QED) is 0.833. The van der Waals surface area contributed by atoms with Crippen molar-refractivity contribution < 1.29 is 8.42 Å². The highest BCUT2D eigenvalue weighted by atomic mass is 35.5. The number of hydrogen-bond donors (Lipinski definition) is 1. The van der Waals surface area contributed by atoms with Gasteiger partial charge in [0.05, 0.1) is 0 Å². The molecule has 0 aromatic carbocycles. The molecule has 0 saturated carbocycles. The normalized spacial score (nSPS) is 13.0. The molecule has 0 spiro atoms. The summed E-state index contributed by atoms with van der Waals surface area (Å²) in [6.07, 6.45) is 0.596. The van der Waals surface area contributed by atoms with Crippen LogP contribution in [0, 0.1) is 0 Å². The Labute approximate surface area is 99.5 Å². The van der Waals surface area contributed by atoms with E-state index in [0.717, 1.165) is 0 Å². The van der Waals surface area contributed by atoms with Gasteiger partial charge in [-0.15, -0.1) is 22.9 Å². The van der Waals surface area contributed by atoms with E-state index in [2.05, 4.69) is 4.72 Å². The molecule has 0 unspecified atom stereocenters. The van der Waals surface area contributed by atoms with E-state index in [1.165, 1.54) is 11.3 Å². The topological polar surface area (TPSA) is 46.2 Å². The maximum absolute atomic E-state index is 11.8. The smallest absolute Gasteiger partial charge is 0.206 e. The molecule has 0 radical (unpaired) electrons.